The average Bonchev–Trinajstić information content (AvgIpc) is 2.75. The van der Waals surface area contributed by atoms with Gasteiger partial charge >= 0.3 is 12.0 Å². The summed E-state index contributed by atoms with van der Waals surface area (Å²) >= 11 is 0. The SMILES string of the molecule is CCC1(CC)C(=O)N(C(=O)Nc2ccccc2C)C1Oc1ccc(C(=O)OC(C)(C)C)cc1. The number of nitrogens with one attached hydrogen (secondary N) is 1. The topological polar surface area (TPSA) is 84.9 Å². The van der Waals surface area contributed by atoms with E-state index in [1.807, 2.05) is 59.7 Å². The van der Waals surface area contributed by atoms with Crippen LogP contribution in [0.5, 0.6) is 5.75 Å². The van der Waals surface area contributed by atoms with Gasteiger partial charge in [0.25, 0.3) is 0 Å². The summed E-state index contributed by atoms with van der Waals surface area (Å²) in [4.78, 5) is 39.5. The predicted octanol–water partition coefficient (Wildman–Crippen LogP) is 5.54. The number of nitrogens with zero attached hydrogens (tertiary/aromatic N) is 1. The number of aryl methyl sites for hydroxylation is 1. The van der Waals surface area contributed by atoms with Crippen LogP contribution in [0.4, 0.5) is 10.5 Å². The first-order valence-electron chi connectivity index (χ1n) is 11.2. The average molecular weight is 453 g/mol. The second-order valence-corrected chi connectivity index (χ2v) is 9.28. The summed E-state index contributed by atoms with van der Waals surface area (Å²) in [6, 6.07) is 13.4. The quantitative estimate of drug-likeness (QED) is 0.460. The van der Waals surface area contributed by atoms with E-state index in [0.717, 1.165) is 10.5 Å². The van der Waals surface area contributed by atoms with Gasteiger partial charge in [-0.05, 0) is 76.4 Å². The van der Waals surface area contributed by atoms with Gasteiger partial charge in [-0.3, -0.25) is 4.79 Å². The van der Waals surface area contributed by atoms with Gasteiger partial charge in [-0.15, -0.1) is 0 Å². The lowest BCUT2D eigenvalue weighted by molar-refractivity contribution is -0.190. The van der Waals surface area contributed by atoms with Crippen LogP contribution in [0.1, 0.15) is 63.4 Å². The Morgan fingerprint density at radius 1 is 1.03 bits per heavy atom. The minimum atomic E-state index is -0.785. The van der Waals surface area contributed by atoms with Crippen molar-refractivity contribution >= 4 is 23.6 Å². The number of carbonyl (C=O) groups excluding carboxylic acids is 3. The van der Waals surface area contributed by atoms with Gasteiger partial charge in [0.1, 0.15) is 16.8 Å². The Hall–Kier alpha value is -3.35. The zero-order valence-corrected chi connectivity index (χ0v) is 20.1. The molecule has 2 aromatic carbocycles. The Kier molecular flexibility index (Phi) is 6.81. The molecule has 1 atom stereocenters. The number of ether oxygens (including phenoxy) is 2. The fourth-order valence-electron chi connectivity index (χ4n) is 3.92. The largest absolute Gasteiger partial charge is 0.469 e. The highest BCUT2D eigenvalue weighted by molar-refractivity contribution is 6.08. The van der Waals surface area contributed by atoms with E-state index in [2.05, 4.69) is 5.32 Å². The number of hydrogen-bond donors (Lipinski definition) is 1. The molecule has 7 heteroatoms. The third-order valence-electron chi connectivity index (χ3n) is 5.96. The smallest absolute Gasteiger partial charge is 0.338 e. The van der Waals surface area contributed by atoms with Crippen molar-refractivity contribution in [3.05, 3.63) is 59.7 Å². The molecule has 2 aromatic rings. The fourth-order valence-corrected chi connectivity index (χ4v) is 3.92. The number of carbonyl (C=O) groups is 3. The number of amides is 3. The molecule has 1 aliphatic rings. The van der Waals surface area contributed by atoms with Crippen LogP contribution in [0.3, 0.4) is 0 Å². The first kappa shape index (κ1) is 24.3. The van der Waals surface area contributed by atoms with Gasteiger partial charge in [0.2, 0.25) is 5.91 Å². The fraction of sp³-hybridized carbons (Fsp3) is 0.423. The molecule has 1 heterocycles. The number of imide groups is 1. The number of anilines is 1. The molecule has 1 unspecified atom stereocenters. The second kappa shape index (κ2) is 9.25. The molecule has 3 rings (SSSR count). The molecule has 176 valence electrons. The zero-order valence-electron chi connectivity index (χ0n) is 20.1. The van der Waals surface area contributed by atoms with Gasteiger partial charge in [-0.25, -0.2) is 14.5 Å². The van der Waals surface area contributed by atoms with Crippen LogP contribution >= 0.6 is 0 Å². The lowest BCUT2D eigenvalue weighted by Crippen LogP contribution is -2.73. The first-order chi connectivity index (χ1) is 15.5. The number of hydrogen-bond acceptors (Lipinski definition) is 5. The summed E-state index contributed by atoms with van der Waals surface area (Å²) in [5.41, 5.74) is 0.555. The maximum absolute atomic E-state index is 13.1. The highest BCUT2D eigenvalue weighted by atomic mass is 16.6. The number of para-hydroxylation sites is 1. The summed E-state index contributed by atoms with van der Waals surface area (Å²) in [5, 5.41) is 2.81. The van der Waals surface area contributed by atoms with Crippen LogP contribution in [0.25, 0.3) is 0 Å². The Balaban J connectivity index is 1.80. The molecule has 0 radical (unpaired) electrons. The molecule has 1 saturated heterocycles. The molecule has 1 fully saturated rings. The maximum Gasteiger partial charge on any atom is 0.338 e. The number of β-lactam (4-membered cyclic amide) rings is 1. The van der Waals surface area contributed by atoms with Crippen molar-refractivity contribution < 1.29 is 23.9 Å². The van der Waals surface area contributed by atoms with Crippen molar-refractivity contribution in [2.24, 2.45) is 5.41 Å². The van der Waals surface area contributed by atoms with Crippen molar-refractivity contribution in [1.29, 1.82) is 0 Å². The van der Waals surface area contributed by atoms with Crippen molar-refractivity contribution in [1.82, 2.24) is 4.90 Å². The number of rotatable bonds is 6. The van der Waals surface area contributed by atoms with Crippen LogP contribution in [-0.2, 0) is 9.53 Å². The molecule has 0 bridgehead atoms. The van der Waals surface area contributed by atoms with Gasteiger partial charge in [-0.2, -0.15) is 0 Å². The molecular weight excluding hydrogens is 420 g/mol. The van der Waals surface area contributed by atoms with E-state index in [1.165, 1.54) is 0 Å². The van der Waals surface area contributed by atoms with Gasteiger partial charge < -0.3 is 14.8 Å². The molecule has 3 amide bonds. The lowest BCUT2D eigenvalue weighted by Gasteiger charge is -2.53. The zero-order chi connectivity index (χ0) is 24.4. The minimum Gasteiger partial charge on any atom is -0.469 e. The van der Waals surface area contributed by atoms with Crippen LogP contribution in [0.2, 0.25) is 0 Å². The van der Waals surface area contributed by atoms with Gasteiger partial charge in [0.05, 0.1) is 5.56 Å². The van der Waals surface area contributed by atoms with Crippen molar-refractivity contribution in [3.63, 3.8) is 0 Å². The summed E-state index contributed by atoms with van der Waals surface area (Å²) in [6.07, 6.45) is 0.324. The standard InChI is InChI=1S/C26H32N2O5/c1-7-26(8-2)22(30)28(24(31)27-20-12-10-9-11-17(20)3)23(26)32-19-15-13-18(14-16-19)21(29)33-25(4,5)6/h9-16,23H,7-8H2,1-6H3,(H,27,31). The van der Waals surface area contributed by atoms with Gasteiger partial charge in [0, 0.05) is 5.69 Å². The molecule has 1 N–H and O–H groups in total. The van der Waals surface area contributed by atoms with Crippen molar-refractivity contribution in [2.45, 2.75) is 66.2 Å². The van der Waals surface area contributed by atoms with Crippen LogP contribution in [-0.4, -0.2) is 34.6 Å². The van der Waals surface area contributed by atoms with Crippen molar-refractivity contribution in [2.75, 3.05) is 5.32 Å². The molecule has 0 aliphatic carbocycles. The van der Waals surface area contributed by atoms with Crippen LogP contribution < -0.4 is 10.1 Å². The third-order valence-corrected chi connectivity index (χ3v) is 5.96. The summed E-state index contributed by atoms with van der Waals surface area (Å²) in [7, 11) is 0. The maximum atomic E-state index is 13.1. The summed E-state index contributed by atoms with van der Waals surface area (Å²) in [5.74, 6) is -0.225. The summed E-state index contributed by atoms with van der Waals surface area (Å²) in [6.45, 7) is 11.1. The third kappa shape index (κ3) is 4.87. The number of urea groups is 1. The Morgan fingerprint density at radius 3 is 2.18 bits per heavy atom. The molecule has 0 spiro atoms. The van der Waals surface area contributed by atoms with E-state index < -0.39 is 29.2 Å². The van der Waals surface area contributed by atoms with Crippen molar-refractivity contribution in [3.8, 4) is 5.75 Å². The highest BCUT2D eigenvalue weighted by Gasteiger charge is 2.63. The van der Waals surface area contributed by atoms with Crippen LogP contribution in [0.15, 0.2) is 48.5 Å². The van der Waals surface area contributed by atoms with E-state index in [0.29, 0.717) is 29.8 Å². The first-order valence-corrected chi connectivity index (χ1v) is 11.2. The lowest BCUT2D eigenvalue weighted by atomic mass is 9.72. The second-order valence-electron chi connectivity index (χ2n) is 9.28. The number of benzene rings is 2. The predicted molar refractivity (Wildman–Crippen MR) is 126 cm³/mol. The molecule has 33 heavy (non-hydrogen) atoms. The van der Waals surface area contributed by atoms with E-state index in [-0.39, 0.29) is 5.91 Å². The Labute approximate surface area is 195 Å². The highest BCUT2D eigenvalue weighted by Crippen LogP contribution is 2.46. The molecule has 0 aromatic heterocycles. The minimum absolute atomic E-state index is 0.256. The molecule has 7 nitrogen and oxygen atoms in total. The van der Waals surface area contributed by atoms with E-state index in [4.69, 9.17) is 9.47 Å². The molecular formula is C26H32N2O5. The van der Waals surface area contributed by atoms with Gasteiger partial charge in [-0.1, -0.05) is 32.0 Å². The number of esters is 1. The Morgan fingerprint density at radius 2 is 1.64 bits per heavy atom. The molecule has 0 saturated carbocycles. The molecule has 1 aliphatic heterocycles. The van der Waals surface area contributed by atoms with E-state index in [9.17, 15) is 14.4 Å². The van der Waals surface area contributed by atoms with E-state index >= 15 is 0 Å². The normalized spacial score (nSPS) is 17.2. The monoisotopic (exact) mass is 452 g/mol. The van der Waals surface area contributed by atoms with Crippen LogP contribution in [0, 0.1) is 12.3 Å². The Bertz CT molecular complexity index is 1040. The summed E-state index contributed by atoms with van der Waals surface area (Å²) < 4.78 is 11.5. The van der Waals surface area contributed by atoms with Gasteiger partial charge in [0.15, 0.2) is 6.23 Å². The number of likely N-dealkylation sites (tertiary alicyclic amines) is 1. The van der Waals surface area contributed by atoms with E-state index in [1.54, 1.807) is 30.3 Å².